The molecular formula is C47H37N3. The van der Waals surface area contributed by atoms with Gasteiger partial charge in [-0.05, 0) is 118 Å². The van der Waals surface area contributed by atoms with Crippen molar-refractivity contribution in [3.8, 4) is 56.4 Å². The average Bonchev–Trinajstić information content (AvgIpc) is 3.45. The molecule has 0 unspecified atom stereocenters. The molecule has 12 rings (SSSR count). The molecule has 0 atom stereocenters. The summed E-state index contributed by atoms with van der Waals surface area (Å²) in [6.07, 6.45) is 6.86. The molecular weight excluding hydrogens is 607 g/mol. The van der Waals surface area contributed by atoms with Gasteiger partial charge in [0.25, 0.3) is 0 Å². The lowest BCUT2D eigenvalue weighted by Crippen LogP contribution is -2.55. The maximum absolute atomic E-state index is 5.31. The molecule has 7 aromatic rings. The van der Waals surface area contributed by atoms with Gasteiger partial charge >= 0.3 is 0 Å². The van der Waals surface area contributed by atoms with Crippen molar-refractivity contribution in [2.24, 2.45) is 23.7 Å². The predicted molar refractivity (Wildman–Crippen MR) is 202 cm³/mol. The monoisotopic (exact) mass is 643 g/mol. The van der Waals surface area contributed by atoms with Gasteiger partial charge in [0.1, 0.15) is 0 Å². The summed E-state index contributed by atoms with van der Waals surface area (Å²) >= 11 is 0. The average molecular weight is 644 g/mol. The number of rotatable bonds is 4. The summed E-state index contributed by atoms with van der Waals surface area (Å²) in [7, 11) is 0. The first-order chi connectivity index (χ1) is 24.7. The van der Waals surface area contributed by atoms with E-state index in [-0.39, 0.29) is 5.41 Å². The minimum absolute atomic E-state index is 0.0517. The van der Waals surface area contributed by atoms with Gasteiger partial charge < -0.3 is 0 Å². The van der Waals surface area contributed by atoms with Crippen LogP contribution in [0.2, 0.25) is 0 Å². The third kappa shape index (κ3) is 4.13. The first-order valence-electron chi connectivity index (χ1n) is 18.4. The molecule has 1 heterocycles. The van der Waals surface area contributed by atoms with Gasteiger partial charge in [0, 0.05) is 22.1 Å². The fraction of sp³-hybridized carbons (Fsp3) is 0.213. The van der Waals surface area contributed by atoms with E-state index in [1.807, 2.05) is 6.07 Å². The van der Waals surface area contributed by atoms with E-state index in [1.165, 1.54) is 59.6 Å². The number of fused-ring (bicyclic) bond motifs is 4. The van der Waals surface area contributed by atoms with Crippen LogP contribution in [0.1, 0.15) is 43.2 Å². The molecule has 5 aliphatic rings. The summed E-state index contributed by atoms with van der Waals surface area (Å²) in [5.74, 6) is 5.29. The van der Waals surface area contributed by atoms with Crippen LogP contribution < -0.4 is 0 Å². The SMILES string of the molecule is c1ccc(-c2nc(-c3ccc4c(c3)C3(c5cc6ccccc6cc5-4)C4CC5CC(C4)CC3C5)nc(-c3ccccc3-c3ccccc3)n2)cc1. The largest absolute Gasteiger partial charge is 0.208 e. The van der Waals surface area contributed by atoms with E-state index in [0.29, 0.717) is 23.5 Å². The summed E-state index contributed by atoms with van der Waals surface area (Å²) in [5, 5.41) is 2.69. The maximum atomic E-state index is 5.31. The number of aromatic nitrogens is 3. The van der Waals surface area contributed by atoms with Crippen molar-refractivity contribution in [1.29, 1.82) is 0 Å². The van der Waals surface area contributed by atoms with Gasteiger partial charge in [0.15, 0.2) is 17.5 Å². The van der Waals surface area contributed by atoms with Crippen LogP contribution in [0.3, 0.4) is 0 Å². The highest BCUT2D eigenvalue weighted by atomic mass is 15.0. The van der Waals surface area contributed by atoms with Gasteiger partial charge in [-0.3, -0.25) is 0 Å². The van der Waals surface area contributed by atoms with Crippen molar-refractivity contribution < 1.29 is 0 Å². The summed E-state index contributed by atoms with van der Waals surface area (Å²) in [4.78, 5) is 15.7. The number of hydrogen-bond acceptors (Lipinski definition) is 3. The Hall–Kier alpha value is -5.41. The van der Waals surface area contributed by atoms with Crippen LogP contribution in [0, 0.1) is 23.7 Å². The Labute approximate surface area is 293 Å². The number of benzene rings is 6. The van der Waals surface area contributed by atoms with Crippen molar-refractivity contribution in [3.63, 3.8) is 0 Å². The molecule has 4 fully saturated rings. The maximum Gasteiger partial charge on any atom is 0.164 e. The zero-order valence-electron chi connectivity index (χ0n) is 28.0. The lowest BCUT2D eigenvalue weighted by molar-refractivity contribution is -0.0398. The van der Waals surface area contributed by atoms with Crippen molar-refractivity contribution in [2.45, 2.75) is 37.5 Å². The minimum Gasteiger partial charge on any atom is -0.208 e. The smallest absolute Gasteiger partial charge is 0.164 e. The Morgan fingerprint density at radius 3 is 1.62 bits per heavy atom. The molecule has 0 aliphatic heterocycles. The van der Waals surface area contributed by atoms with Gasteiger partial charge in [0.05, 0.1) is 0 Å². The molecule has 1 spiro atoms. The second-order valence-electron chi connectivity index (χ2n) is 15.3. The van der Waals surface area contributed by atoms with Crippen LogP contribution >= 0.6 is 0 Å². The van der Waals surface area contributed by atoms with Gasteiger partial charge in [-0.25, -0.2) is 15.0 Å². The Morgan fingerprint density at radius 2 is 0.920 bits per heavy atom. The second kappa shape index (κ2) is 10.8. The van der Waals surface area contributed by atoms with E-state index in [1.54, 1.807) is 5.56 Å². The standard InChI is InChI=1S/C47H37N3/c1-3-11-31(12-4-1)38-17-9-10-18-40(38)46-49-44(32-13-5-2-6-14-32)48-45(50-46)35-19-20-39-41-26-33-15-7-8-16-34(33)27-43(41)47(42(39)28-35)36-22-29-21-30(24-36)25-37(47)23-29/h1-20,26-30,36-37H,21-25H2. The van der Waals surface area contributed by atoms with Crippen LogP contribution in [0.4, 0.5) is 0 Å². The topological polar surface area (TPSA) is 38.7 Å². The van der Waals surface area contributed by atoms with Gasteiger partial charge in [0.2, 0.25) is 0 Å². The lowest BCUT2D eigenvalue weighted by atomic mass is 9.43. The molecule has 240 valence electrons. The second-order valence-corrected chi connectivity index (χ2v) is 15.3. The first-order valence-corrected chi connectivity index (χ1v) is 18.4. The first kappa shape index (κ1) is 28.4. The van der Waals surface area contributed by atoms with Crippen LogP contribution in [-0.2, 0) is 5.41 Å². The summed E-state index contributed by atoms with van der Waals surface area (Å²) in [6, 6.07) is 50.6. The number of nitrogens with zero attached hydrogens (tertiary/aromatic N) is 3. The molecule has 3 heteroatoms. The van der Waals surface area contributed by atoms with E-state index in [4.69, 9.17) is 15.0 Å². The molecule has 0 N–H and O–H groups in total. The minimum atomic E-state index is 0.0517. The third-order valence-corrected chi connectivity index (χ3v) is 12.7. The Bertz CT molecular complexity index is 2420. The van der Waals surface area contributed by atoms with Crippen LogP contribution in [0.5, 0.6) is 0 Å². The molecule has 5 aliphatic carbocycles. The van der Waals surface area contributed by atoms with E-state index < -0.39 is 0 Å². The van der Waals surface area contributed by atoms with E-state index in [9.17, 15) is 0 Å². The van der Waals surface area contributed by atoms with Crippen molar-refractivity contribution in [2.75, 3.05) is 0 Å². The fourth-order valence-electron chi connectivity index (χ4n) is 10.9. The van der Waals surface area contributed by atoms with Gasteiger partial charge in [-0.2, -0.15) is 0 Å². The molecule has 4 bridgehead atoms. The summed E-state index contributed by atoms with van der Waals surface area (Å²) < 4.78 is 0. The van der Waals surface area contributed by atoms with Crippen LogP contribution in [0.25, 0.3) is 67.2 Å². The van der Waals surface area contributed by atoms with E-state index in [0.717, 1.165) is 45.5 Å². The molecule has 3 nitrogen and oxygen atoms in total. The Kier molecular flexibility index (Phi) is 6.14. The highest BCUT2D eigenvalue weighted by Gasteiger charge is 2.61. The normalized spacial score (nSPS) is 24.1. The van der Waals surface area contributed by atoms with E-state index >= 15 is 0 Å². The number of hydrogen-bond donors (Lipinski definition) is 0. The van der Waals surface area contributed by atoms with Gasteiger partial charge in [-0.15, -0.1) is 0 Å². The zero-order valence-corrected chi connectivity index (χ0v) is 28.0. The molecule has 0 radical (unpaired) electrons. The lowest BCUT2D eigenvalue weighted by Gasteiger charge is -2.61. The van der Waals surface area contributed by atoms with Gasteiger partial charge in [-0.1, -0.05) is 121 Å². The van der Waals surface area contributed by atoms with E-state index in [2.05, 4.69) is 133 Å². The summed E-state index contributed by atoms with van der Waals surface area (Å²) in [6.45, 7) is 0. The van der Waals surface area contributed by atoms with Crippen LogP contribution in [-0.4, -0.2) is 15.0 Å². The summed E-state index contributed by atoms with van der Waals surface area (Å²) in [5.41, 5.74) is 11.3. The molecule has 4 saturated carbocycles. The van der Waals surface area contributed by atoms with Crippen LogP contribution in [0.15, 0.2) is 140 Å². The fourth-order valence-corrected chi connectivity index (χ4v) is 10.9. The quantitative estimate of drug-likeness (QED) is 0.192. The Balaban J connectivity index is 1.13. The highest BCUT2D eigenvalue weighted by molar-refractivity contribution is 5.94. The predicted octanol–water partition coefficient (Wildman–Crippen LogP) is 11.4. The molecule has 6 aromatic carbocycles. The zero-order chi connectivity index (χ0) is 32.8. The molecule has 0 amide bonds. The highest BCUT2D eigenvalue weighted by Crippen LogP contribution is 2.69. The molecule has 0 saturated heterocycles. The van der Waals surface area contributed by atoms with Crippen molar-refractivity contribution in [3.05, 3.63) is 151 Å². The molecule has 1 aromatic heterocycles. The van der Waals surface area contributed by atoms with Crippen molar-refractivity contribution in [1.82, 2.24) is 15.0 Å². The van der Waals surface area contributed by atoms with Crippen molar-refractivity contribution >= 4 is 10.8 Å². The molecule has 50 heavy (non-hydrogen) atoms. The Morgan fingerprint density at radius 1 is 0.380 bits per heavy atom. The third-order valence-electron chi connectivity index (χ3n) is 12.7.